The van der Waals surface area contributed by atoms with Crippen molar-refractivity contribution in [3.63, 3.8) is 0 Å². The molecule has 0 aromatic heterocycles. The van der Waals surface area contributed by atoms with Crippen LogP contribution in [-0.2, 0) is 0 Å². The van der Waals surface area contributed by atoms with Crippen molar-refractivity contribution in [1.29, 1.82) is 0 Å². The van der Waals surface area contributed by atoms with Gasteiger partial charge >= 0.3 is 0 Å². The van der Waals surface area contributed by atoms with E-state index < -0.39 is 0 Å². The number of phenols is 1. The third-order valence-electron chi connectivity index (χ3n) is 2.18. The summed E-state index contributed by atoms with van der Waals surface area (Å²) < 4.78 is 0. The zero-order chi connectivity index (χ0) is 9.42. The summed E-state index contributed by atoms with van der Waals surface area (Å²) in [5, 5.41) is 11.6. The Morgan fingerprint density at radius 1 is 1.15 bits per heavy atom. The van der Waals surface area contributed by atoms with Crippen LogP contribution < -0.4 is 0 Å². The van der Waals surface area contributed by atoms with E-state index >= 15 is 0 Å². The highest BCUT2D eigenvalue weighted by molar-refractivity contribution is 7.80. The smallest absolute Gasteiger partial charge is 0.126 e. The fourth-order valence-corrected chi connectivity index (χ4v) is 1.87. The molecule has 0 radical (unpaired) electrons. The summed E-state index contributed by atoms with van der Waals surface area (Å²) in [5.74, 6) is 0.355. The van der Waals surface area contributed by atoms with Gasteiger partial charge < -0.3 is 5.11 Å². The van der Waals surface area contributed by atoms with Crippen molar-refractivity contribution in [2.45, 2.75) is 11.8 Å². The summed E-state index contributed by atoms with van der Waals surface area (Å²) in [7, 11) is 0. The minimum atomic E-state index is 0.355. The molecule has 0 unspecified atom stereocenters. The highest BCUT2D eigenvalue weighted by Crippen LogP contribution is 2.32. The van der Waals surface area contributed by atoms with E-state index in [-0.39, 0.29) is 0 Å². The molecule has 13 heavy (non-hydrogen) atoms. The normalized spacial score (nSPS) is 10.6. The summed E-state index contributed by atoms with van der Waals surface area (Å²) in [6.07, 6.45) is 0. The van der Waals surface area contributed by atoms with Gasteiger partial charge in [-0.1, -0.05) is 24.3 Å². The molecule has 0 saturated carbocycles. The zero-order valence-electron chi connectivity index (χ0n) is 7.28. The molecule has 0 aliphatic rings. The van der Waals surface area contributed by atoms with Gasteiger partial charge in [0, 0.05) is 10.3 Å². The number of hydrogen-bond donors (Lipinski definition) is 2. The molecule has 1 nitrogen and oxygen atoms in total. The van der Waals surface area contributed by atoms with Gasteiger partial charge in [0.1, 0.15) is 5.75 Å². The van der Waals surface area contributed by atoms with E-state index in [1.54, 1.807) is 0 Å². The first-order chi connectivity index (χ1) is 6.20. The molecule has 0 atom stereocenters. The predicted octanol–water partition coefficient (Wildman–Crippen LogP) is 3.14. The first kappa shape index (κ1) is 8.45. The molecule has 66 valence electrons. The van der Waals surface area contributed by atoms with Gasteiger partial charge in [-0.25, -0.2) is 0 Å². The minimum Gasteiger partial charge on any atom is -0.507 e. The molecule has 0 aliphatic heterocycles. The lowest BCUT2D eigenvalue weighted by Crippen LogP contribution is -1.80. The average Bonchev–Trinajstić information content (AvgIpc) is 2.15. The highest BCUT2D eigenvalue weighted by atomic mass is 32.1. The van der Waals surface area contributed by atoms with Gasteiger partial charge in [-0.3, -0.25) is 0 Å². The minimum absolute atomic E-state index is 0.355. The Hall–Kier alpha value is -1.15. The standard InChI is InChI=1S/C11H10OS/c1-7-6-10(13)8-4-2-3-5-9(8)11(7)12/h2-6,12-13H,1H3. The van der Waals surface area contributed by atoms with Gasteiger partial charge in [-0.15, -0.1) is 12.6 Å². The van der Waals surface area contributed by atoms with Gasteiger partial charge in [0.15, 0.2) is 0 Å². The van der Waals surface area contributed by atoms with Gasteiger partial charge in [-0.2, -0.15) is 0 Å². The fraction of sp³-hybridized carbons (Fsp3) is 0.0909. The number of fused-ring (bicyclic) bond motifs is 1. The van der Waals surface area contributed by atoms with Crippen molar-refractivity contribution in [3.05, 3.63) is 35.9 Å². The molecule has 0 spiro atoms. The van der Waals surface area contributed by atoms with Crippen molar-refractivity contribution in [3.8, 4) is 5.75 Å². The number of rotatable bonds is 0. The van der Waals surface area contributed by atoms with Gasteiger partial charge in [0.25, 0.3) is 0 Å². The molecule has 2 heteroatoms. The molecular weight excluding hydrogens is 180 g/mol. The van der Waals surface area contributed by atoms with Crippen LogP contribution in [0, 0.1) is 6.92 Å². The van der Waals surface area contributed by atoms with Gasteiger partial charge in [0.05, 0.1) is 0 Å². The number of hydrogen-bond acceptors (Lipinski definition) is 2. The van der Waals surface area contributed by atoms with Crippen molar-refractivity contribution >= 4 is 23.4 Å². The lowest BCUT2D eigenvalue weighted by atomic mass is 10.1. The maximum absolute atomic E-state index is 9.75. The molecular formula is C11H10OS. The SMILES string of the molecule is Cc1cc(S)c2ccccc2c1O. The van der Waals surface area contributed by atoms with E-state index in [9.17, 15) is 5.11 Å². The van der Waals surface area contributed by atoms with Crippen LogP contribution in [0.1, 0.15) is 5.56 Å². The Morgan fingerprint density at radius 2 is 1.77 bits per heavy atom. The second-order valence-electron chi connectivity index (χ2n) is 3.11. The Labute approximate surface area is 82.4 Å². The molecule has 2 rings (SSSR count). The van der Waals surface area contributed by atoms with E-state index in [1.165, 1.54) is 0 Å². The Morgan fingerprint density at radius 3 is 2.46 bits per heavy atom. The highest BCUT2D eigenvalue weighted by Gasteiger charge is 2.04. The fourth-order valence-electron chi connectivity index (χ4n) is 1.48. The monoisotopic (exact) mass is 190 g/mol. The lowest BCUT2D eigenvalue weighted by molar-refractivity contribution is 0.477. The molecule has 0 fully saturated rings. The molecule has 2 aromatic carbocycles. The first-order valence-electron chi connectivity index (χ1n) is 4.10. The van der Waals surface area contributed by atoms with E-state index in [0.29, 0.717) is 5.75 Å². The van der Waals surface area contributed by atoms with Gasteiger partial charge in [0.2, 0.25) is 0 Å². The summed E-state index contributed by atoms with van der Waals surface area (Å²) in [6.45, 7) is 1.88. The van der Waals surface area contributed by atoms with E-state index in [2.05, 4.69) is 12.6 Å². The average molecular weight is 190 g/mol. The Bertz CT molecular complexity index is 463. The van der Waals surface area contributed by atoms with E-state index in [4.69, 9.17) is 0 Å². The third kappa shape index (κ3) is 1.27. The molecule has 0 bridgehead atoms. The zero-order valence-corrected chi connectivity index (χ0v) is 8.18. The number of aromatic hydroxyl groups is 1. The van der Waals surface area contributed by atoms with Gasteiger partial charge in [-0.05, 0) is 23.9 Å². The first-order valence-corrected chi connectivity index (χ1v) is 4.55. The van der Waals surface area contributed by atoms with E-state index in [1.807, 2.05) is 37.3 Å². The molecule has 1 N–H and O–H groups in total. The van der Waals surface area contributed by atoms with Crippen molar-refractivity contribution in [1.82, 2.24) is 0 Å². The Balaban J connectivity index is 2.97. The van der Waals surface area contributed by atoms with Crippen LogP contribution in [0.4, 0.5) is 0 Å². The summed E-state index contributed by atoms with van der Waals surface area (Å²) >= 11 is 4.36. The largest absolute Gasteiger partial charge is 0.507 e. The molecule has 0 amide bonds. The van der Waals surface area contributed by atoms with Crippen molar-refractivity contribution < 1.29 is 5.11 Å². The van der Waals surface area contributed by atoms with Crippen LogP contribution in [0.25, 0.3) is 10.8 Å². The summed E-state index contributed by atoms with van der Waals surface area (Å²) in [4.78, 5) is 0.908. The van der Waals surface area contributed by atoms with Crippen LogP contribution in [0.3, 0.4) is 0 Å². The second kappa shape index (κ2) is 2.96. The van der Waals surface area contributed by atoms with Crippen LogP contribution in [0.2, 0.25) is 0 Å². The molecule has 0 aliphatic carbocycles. The van der Waals surface area contributed by atoms with Crippen molar-refractivity contribution in [2.75, 3.05) is 0 Å². The van der Waals surface area contributed by atoms with Crippen molar-refractivity contribution in [2.24, 2.45) is 0 Å². The predicted molar refractivity (Wildman–Crippen MR) is 57.6 cm³/mol. The lowest BCUT2D eigenvalue weighted by Gasteiger charge is -2.06. The summed E-state index contributed by atoms with van der Waals surface area (Å²) in [6, 6.07) is 9.58. The maximum atomic E-state index is 9.75. The number of phenolic OH excluding ortho intramolecular Hbond substituents is 1. The number of benzene rings is 2. The van der Waals surface area contributed by atoms with Crippen LogP contribution in [0.5, 0.6) is 5.75 Å². The van der Waals surface area contributed by atoms with E-state index in [0.717, 1.165) is 21.2 Å². The second-order valence-corrected chi connectivity index (χ2v) is 3.59. The molecule has 0 saturated heterocycles. The van der Waals surface area contributed by atoms with Crippen LogP contribution in [0.15, 0.2) is 35.2 Å². The number of thiol groups is 1. The number of aryl methyl sites for hydroxylation is 1. The quantitative estimate of drug-likeness (QED) is 0.611. The summed E-state index contributed by atoms with van der Waals surface area (Å²) in [5.41, 5.74) is 0.865. The van der Waals surface area contributed by atoms with Crippen LogP contribution in [-0.4, -0.2) is 5.11 Å². The molecule has 2 aromatic rings. The molecule has 0 heterocycles. The van der Waals surface area contributed by atoms with Crippen LogP contribution >= 0.6 is 12.6 Å². The Kier molecular flexibility index (Phi) is 1.93. The maximum Gasteiger partial charge on any atom is 0.126 e. The third-order valence-corrected chi connectivity index (χ3v) is 2.55. The topological polar surface area (TPSA) is 20.2 Å².